The predicted molar refractivity (Wildman–Crippen MR) is 129 cm³/mol. The first-order valence-corrected chi connectivity index (χ1v) is 12.1. The lowest BCUT2D eigenvalue weighted by Gasteiger charge is -2.39. The van der Waals surface area contributed by atoms with Gasteiger partial charge in [-0.1, -0.05) is 12.1 Å². The highest BCUT2D eigenvalue weighted by atomic mass is 19.1. The quantitative estimate of drug-likeness (QED) is 0.595. The van der Waals surface area contributed by atoms with Crippen molar-refractivity contribution in [2.75, 3.05) is 44.2 Å². The number of aromatic nitrogens is 2. The van der Waals surface area contributed by atoms with Gasteiger partial charge in [-0.15, -0.1) is 0 Å². The van der Waals surface area contributed by atoms with Crippen LogP contribution in [0.1, 0.15) is 25.6 Å². The molecule has 174 valence electrons. The average molecular weight is 450 g/mol. The highest BCUT2D eigenvalue weighted by Crippen LogP contribution is 2.24. The number of piperazine rings is 1. The first kappa shape index (κ1) is 21.9. The van der Waals surface area contributed by atoms with Crippen molar-refractivity contribution in [1.82, 2.24) is 19.4 Å². The van der Waals surface area contributed by atoms with Crippen LogP contribution in [0, 0.1) is 11.7 Å². The van der Waals surface area contributed by atoms with Crippen molar-refractivity contribution in [3.63, 3.8) is 0 Å². The fourth-order valence-electron chi connectivity index (χ4n) is 5.29. The molecule has 33 heavy (non-hydrogen) atoms. The number of likely N-dealkylation sites (tertiary alicyclic amines) is 1. The van der Waals surface area contributed by atoms with Gasteiger partial charge < -0.3 is 14.4 Å². The summed E-state index contributed by atoms with van der Waals surface area (Å²) in [4.78, 5) is 24.8. The molecule has 6 nitrogen and oxygen atoms in total. The van der Waals surface area contributed by atoms with E-state index < -0.39 is 0 Å². The Kier molecular flexibility index (Phi) is 6.31. The zero-order valence-electron chi connectivity index (χ0n) is 19.3. The van der Waals surface area contributed by atoms with E-state index in [2.05, 4.69) is 39.5 Å². The predicted octanol–water partition coefficient (Wildman–Crippen LogP) is 3.76. The van der Waals surface area contributed by atoms with Crippen LogP contribution in [0.4, 0.5) is 10.1 Å². The van der Waals surface area contributed by atoms with Gasteiger partial charge in [0.25, 0.3) is 0 Å². The standard InChI is InChI=1S/C26H32FN5O/c1-2-32-24-8-4-3-7-23(24)28-25(32)19-29-13-5-6-20(18-29)26(33)31-16-14-30(15-17-31)22-11-9-21(27)10-12-22/h3-4,7-12,20H,2,5-6,13-19H2,1H3/t20-/m0/s1. The molecule has 1 amide bonds. The Balaban J connectivity index is 1.20. The number of fused-ring (bicyclic) bond motifs is 1. The van der Waals surface area contributed by atoms with Crippen LogP contribution in [-0.4, -0.2) is 64.5 Å². The van der Waals surface area contributed by atoms with Gasteiger partial charge in [-0.2, -0.15) is 0 Å². The maximum atomic E-state index is 13.3. The molecule has 3 heterocycles. The largest absolute Gasteiger partial charge is 0.368 e. The molecule has 0 unspecified atom stereocenters. The minimum atomic E-state index is -0.219. The fraction of sp³-hybridized carbons (Fsp3) is 0.462. The summed E-state index contributed by atoms with van der Waals surface area (Å²) in [6, 6.07) is 14.9. The number of rotatable bonds is 5. The Morgan fingerprint density at radius 3 is 2.55 bits per heavy atom. The number of carbonyl (C=O) groups is 1. The lowest BCUT2D eigenvalue weighted by atomic mass is 9.96. The number of para-hydroxylation sites is 2. The van der Waals surface area contributed by atoms with E-state index in [0.29, 0.717) is 0 Å². The van der Waals surface area contributed by atoms with Crippen molar-refractivity contribution < 1.29 is 9.18 Å². The normalized spacial score (nSPS) is 19.9. The van der Waals surface area contributed by atoms with Crippen LogP contribution in [0.25, 0.3) is 11.0 Å². The number of amides is 1. The number of hydrogen-bond donors (Lipinski definition) is 0. The van der Waals surface area contributed by atoms with Gasteiger partial charge in [0.15, 0.2) is 0 Å². The minimum absolute atomic E-state index is 0.0515. The van der Waals surface area contributed by atoms with Crippen LogP contribution < -0.4 is 4.90 Å². The van der Waals surface area contributed by atoms with Crippen LogP contribution in [0.3, 0.4) is 0 Å². The number of piperidine rings is 1. The van der Waals surface area contributed by atoms with Crippen LogP contribution in [0.5, 0.6) is 0 Å². The van der Waals surface area contributed by atoms with Gasteiger partial charge in [0.05, 0.1) is 23.5 Å². The topological polar surface area (TPSA) is 44.6 Å². The van der Waals surface area contributed by atoms with E-state index in [1.54, 1.807) is 0 Å². The van der Waals surface area contributed by atoms with Gasteiger partial charge in [-0.05, 0) is 62.7 Å². The van der Waals surface area contributed by atoms with Gasteiger partial charge in [0.1, 0.15) is 11.6 Å². The third-order valence-corrected chi connectivity index (χ3v) is 7.05. The lowest BCUT2D eigenvalue weighted by Crippen LogP contribution is -2.52. The number of carbonyl (C=O) groups excluding carboxylic acids is 1. The molecule has 0 bridgehead atoms. The van der Waals surface area contributed by atoms with Crippen LogP contribution in [0.2, 0.25) is 0 Å². The Morgan fingerprint density at radius 2 is 1.79 bits per heavy atom. The summed E-state index contributed by atoms with van der Waals surface area (Å²) in [6.45, 7) is 8.65. The van der Waals surface area contributed by atoms with E-state index in [0.717, 1.165) is 82.2 Å². The molecule has 2 aliphatic rings. The summed E-state index contributed by atoms with van der Waals surface area (Å²) in [5, 5.41) is 0. The summed E-state index contributed by atoms with van der Waals surface area (Å²) in [5.41, 5.74) is 3.24. The van der Waals surface area contributed by atoms with Gasteiger partial charge in [0, 0.05) is 45.0 Å². The molecule has 2 saturated heterocycles. The third kappa shape index (κ3) is 4.60. The summed E-state index contributed by atoms with van der Waals surface area (Å²) in [7, 11) is 0. The molecule has 0 saturated carbocycles. The number of aryl methyl sites for hydroxylation is 1. The van der Waals surface area contributed by atoms with E-state index in [-0.39, 0.29) is 17.6 Å². The molecular formula is C26H32FN5O. The molecule has 3 aromatic rings. The third-order valence-electron chi connectivity index (χ3n) is 7.05. The molecule has 5 rings (SSSR count). The first-order valence-electron chi connectivity index (χ1n) is 12.1. The van der Waals surface area contributed by atoms with Crippen molar-refractivity contribution in [2.45, 2.75) is 32.9 Å². The maximum absolute atomic E-state index is 13.3. The van der Waals surface area contributed by atoms with Gasteiger partial charge in [-0.25, -0.2) is 9.37 Å². The summed E-state index contributed by atoms with van der Waals surface area (Å²) in [5.74, 6) is 1.20. The molecule has 7 heteroatoms. The van der Waals surface area contributed by atoms with E-state index in [1.165, 1.54) is 17.6 Å². The molecule has 1 aromatic heterocycles. The second-order valence-electron chi connectivity index (χ2n) is 9.12. The van der Waals surface area contributed by atoms with Gasteiger partial charge >= 0.3 is 0 Å². The van der Waals surface area contributed by atoms with E-state index in [4.69, 9.17) is 4.98 Å². The molecule has 0 N–H and O–H groups in total. The Labute approximate surface area is 194 Å². The second-order valence-corrected chi connectivity index (χ2v) is 9.12. The van der Waals surface area contributed by atoms with Crippen molar-refractivity contribution >= 4 is 22.6 Å². The van der Waals surface area contributed by atoms with Gasteiger partial charge in [-0.3, -0.25) is 9.69 Å². The molecule has 2 aliphatic heterocycles. The average Bonchev–Trinajstić information content (AvgIpc) is 3.21. The second kappa shape index (κ2) is 9.51. The number of hydrogen-bond acceptors (Lipinski definition) is 4. The molecule has 0 aliphatic carbocycles. The molecular weight excluding hydrogens is 417 g/mol. The SMILES string of the molecule is CCn1c(CN2CCC[C@H](C(=O)N3CCN(c4ccc(F)cc4)CC3)C2)nc2ccccc21. The van der Waals surface area contributed by atoms with Crippen LogP contribution >= 0.6 is 0 Å². The smallest absolute Gasteiger partial charge is 0.227 e. The monoisotopic (exact) mass is 449 g/mol. The Morgan fingerprint density at radius 1 is 1.03 bits per heavy atom. The van der Waals surface area contributed by atoms with Gasteiger partial charge in [0.2, 0.25) is 5.91 Å². The fourth-order valence-corrected chi connectivity index (χ4v) is 5.29. The molecule has 1 atom stereocenters. The minimum Gasteiger partial charge on any atom is -0.368 e. The highest BCUT2D eigenvalue weighted by Gasteiger charge is 2.31. The van der Waals surface area contributed by atoms with Crippen LogP contribution in [0.15, 0.2) is 48.5 Å². The summed E-state index contributed by atoms with van der Waals surface area (Å²) >= 11 is 0. The Hall–Kier alpha value is -2.93. The maximum Gasteiger partial charge on any atom is 0.227 e. The summed E-state index contributed by atoms with van der Waals surface area (Å²) < 4.78 is 15.5. The van der Waals surface area contributed by atoms with Crippen molar-refractivity contribution in [3.8, 4) is 0 Å². The number of imidazole rings is 1. The molecule has 2 aromatic carbocycles. The number of anilines is 1. The van der Waals surface area contributed by atoms with Crippen molar-refractivity contribution in [2.24, 2.45) is 5.92 Å². The van der Waals surface area contributed by atoms with E-state index in [1.807, 2.05) is 23.1 Å². The van der Waals surface area contributed by atoms with E-state index in [9.17, 15) is 9.18 Å². The zero-order chi connectivity index (χ0) is 22.8. The highest BCUT2D eigenvalue weighted by molar-refractivity contribution is 5.79. The van der Waals surface area contributed by atoms with E-state index >= 15 is 0 Å². The molecule has 0 spiro atoms. The number of nitrogens with zero attached hydrogens (tertiary/aromatic N) is 5. The number of halogens is 1. The zero-order valence-corrected chi connectivity index (χ0v) is 19.3. The number of benzene rings is 2. The van der Waals surface area contributed by atoms with Crippen LogP contribution in [-0.2, 0) is 17.9 Å². The lowest BCUT2D eigenvalue weighted by molar-refractivity contribution is -0.137. The van der Waals surface area contributed by atoms with Crippen molar-refractivity contribution in [1.29, 1.82) is 0 Å². The first-order chi connectivity index (χ1) is 16.1. The molecule has 0 radical (unpaired) electrons. The summed E-state index contributed by atoms with van der Waals surface area (Å²) in [6.07, 6.45) is 2.00. The van der Waals surface area contributed by atoms with Crippen molar-refractivity contribution in [3.05, 3.63) is 60.2 Å². The molecule has 2 fully saturated rings. The Bertz CT molecular complexity index is 1100.